The molecule has 0 saturated carbocycles. The highest BCUT2D eigenvalue weighted by atomic mass is 35.5. The highest BCUT2D eigenvalue weighted by Crippen LogP contribution is 2.31. The zero-order valence-electron chi connectivity index (χ0n) is 9.14. The Bertz CT molecular complexity index is 593. The smallest absolute Gasteiger partial charge is 0.149 e. The minimum absolute atomic E-state index is 0.308. The average molecular weight is 245 g/mol. The normalized spacial score (nSPS) is 11.8. The number of rotatable bonds is 2. The molecule has 0 aliphatic heterocycles. The van der Waals surface area contributed by atoms with Crippen LogP contribution in [0.1, 0.15) is 16.9 Å². The number of halogens is 1. The molecule has 0 spiro atoms. The van der Waals surface area contributed by atoms with E-state index in [1.54, 1.807) is 36.9 Å². The maximum absolute atomic E-state index is 9.18. The molecule has 0 fully saturated rings. The van der Waals surface area contributed by atoms with Crippen molar-refractivity contribution in [2.45, 2.75) is 6.92 Å². The van der Waals surface area contributed by atoms with Crippen molar-refractivity contribution in [2.24, 2.45) is 0 Å². The van der Waals surface area contributed by atoms with E-state index in [1.807, 2.05) is 6.92 Å². The van der Waals surface area contributed by atoms with Crippen LogP contribution in [0.25, 0.3) is 10.6 Å². The van der Waals surface area contributed by atoms with E-state index < -0.39 is 0 Å². The number of pyridine rings is 1. The Morgan fingerprint density at radius 3 is 2.82 bits per heavy atom. The number of aromatic nitrogens is 1. The number of aryl methyl sites for hydroxylation is 1. The maximum Gasteiger partial charge on any atom is 0.149 e. The van der Waals surface area contributed by atoms with E-state index in [0.29, 0.717) is 21.9 Å². The third-order valence-corrected chi connectivity index (χ3v) is 2.70. The number of nitriles is 1. The minimum Gasteiger partial charge on any atom is -0.463 e. The molecular formula is C13H9ClN2O. The third kappa shape index (κ3) is 2.22. The Morgan fingerprint density at radius 1 is 1.47 bits per heavy atom. The van der Waals surface area contributed by atoms with Gasteiger partial charge in [0.2, 0.25) is 0 Å². The molecular weight excluding hydrogens is 236 g/mol. The second-order valence-electron chi connectivity index (χ2n) is 3.48. The summed E-state index contributed by atoms with van der Waals surface area (Å²) in [6, 6.07) is 7.42. The third-order valence-electron chi connectivity index (χ3n) is 2.34. The number of nitrogens with zero attached hydrogens (tertiary/aromatic N) is 2. The van der Waals surface area contributed by atoms with Crippen LogP contribution in [0.5, 0.6) is 0 Å². The van der Waals surface area contributed by atoms with E-state index in [4.69, 9.17) is 16.0 Å². The van der Waals surface area contributed by atoms with Gasteiger partial charge in [-0.25, -0.2) is 0 Å². The van der Waals surface area contributed by atoms with Crippen molar-refractivity contribution in [1.29, 1.82) is 5.26 Å². The highest BCUT2D eigenvalue weighted by Gasteiger charge is 2.14. The second-order valence-corrected chi connectivity index (χ2v) is 3.85. The number of hydrogen-bond donors (Lipinski definition) is 0. The average Bonchev–Trinajstić information content (AvgIpc) is 2.77. The molecule has 4 heteroatoms. The van der Waals surface area contributed by atoms with Crippen molar-refractivity contribution in [3.05, 3.63) is 53.7 Å². The fraction of sp³-hybridized carbons (Fsp3) is 0.0769. The molecule has 0 atom stereocenters. The summed E-state index contributed by atoms with van der Waals surface area (Å²) in [7, 11) is 0. The SMILES string of the molecule is Cc1ccoc1/C(Cl)=C(/C#N)c1cccnc1. The Morgan fingerprint density at radius 2 is 2.29 bits per heavy atom. The molecule has 0 unspecified atom stereocenters. The lowest BCUT2D eigenvalue weighted by atomic mass is 10.1. The fourth-order valence-corrected chi connectivity index (χ4v) is 1.81. The fourth-order valence-electron chi connectivity index (χ4n) is 1.46. The zero-order chi connectivity index (χ0) is 12.3. The van der Waals surface area contributed by atoms with E-state index in [1.165, 1.54) is 0 Å². The molecule has 2 aromatic heterocycles. The van der Waals surface area contributed by atoms with Crippen LogP contribution in [-0.4, -0.2) is 4.98 Å². The van der Waals surface area contributed by atoms with Gasteiger partial charge in [-0.2, -0.15) is 5.26 Å². The molecule has 0 aliphatic rings. The van der Waals surface area contributed by atoms with Gasteiger partial charge in [0.05, 0.1) is 11.8 Å². The Labute approximate surface area is 104 Å². The largest absolute Gasteiger partial charge is 0.463 e. The summed E-state index contributed by atoms with van der Waals surface area (Å²) in [6.07, 6.45) is 4.79. The van der Waals surface area contributed by atoms with Crippen LogP contribution in [0.4, 0.5) is 0 Å². The van der Waals surface area contributed by atoms with E-state index in [9.17, 15) is 5.26 Å². The lowest BCUT2D eigenvalue weighted by molar-refractivity contribution is 0.554. The van der Waals surface area contributed by atoms with Gasteiger partial charge in [0.15, 0.2) is 0 Å². The molecule has 0 radical (unpaired) electrons. The second kappa shape index (κ2) is 4.86. The van der Waals surface area contributed by atoms with Crippen molar-refractivity contribution >= 4 is 22.2 Å². The first-order chi connectivity index (χ1) is 8.24. The standard InChI is InChI=1S/C13H9ClN2O/c1-9-4-6-17-13(9)12(14)11(7-15)10-3-2-5-16-8-10/h2-6,8H,1H3/b12-11+. The van der Waals surface area contributed by atoms with Crippen LogP contribution < -0.4 is 0 Å². The Balaban J connectivity index is 2.57. The van der Waals surface area contributed by atoms with Crippen molar-refractivity contribution < 1.29 is 4.42 Å². The number of furan rings is 1. The zero-order valence-corrected chi connectivity index (χ0v) is 9.90. The van der Waals surface area contributed by atoms with Gasteiger partial charge in [-0.05, 0) is 24.6 Å². The molecule has 0 amide bonds. The summed E-state index contributed by atoms with van der Waals surface area (Å²) in [5.74, 6) is 0.520. The molecule has 0 aliphatic carbocycles. The molecule has 0 saturated heterocycles. The first-order valence-electron chi connectivity index (χ1n) is 4.98. The summed E-state index contributed by atoms with van der Waals surface area (Å²) >= 11 is 6.19. The monoisotopic (exact) mass is 244 g/mol. The van der Waals surface area contributed by atoms with Crippen LogP contribution in [0.15, 0.2) is 41.3 Å². The Hall–Kier alpha value is -2.05. The first kappa shape index (κ1) is 11.4. The van der Waals surface area contributed by atoms with Crippen LogP contribution >= 0.6 is 11.6 Å². The first-order valence-corrected chi connectivity index (χ1v) is 5.36. The summed E-state index contributed by atoms with van der Waals surface area (Å²) in [5.41, 5.74) is 1.93. The number of hydrogen-bond acceptors (Lipinski definition) is 3. The lowest BCUT2D eigenvalue weighted by Crippen LogP contribution is -1.87. The summed E-state index contributed by atoms with van der Waals surface area (Å²) < 4.78 is 5.27. The van der Waals surface area contributed by atoms with E-state index >= 15 is 0 Å². The van der Waals surface area contributed by atoms with Gasteiger partial charge in [-0.1, -0.05) is 17.7 Å². The maximum atomic E-state index is 9.18. The predicted octanol–water partition coefficient (Wildman–Crippen LogP) is 3.61. The summed E-state index contributed by atoms with van der Waals surface area (Å²) in [5, 5.41) is 9.49. The molecule has 0 N–H and O–H groups in total. The lowest BCUT2D eigenvalue weighted by Gasteiger charge is -2.02. The van der Waals surface area contributed by atoms with Gasteiger partial charge in [-0.15, -0.1) is 0 Å². The summed E-state index contributed by atoms with van der Waals surface area (Å²) in [6.45, 7) is 1.87. The predicted molar refractivity (Wildman–Crippen MR) is 66.0 cm³/mol. The minimum atomic E-state index is 0.308. The molecule has 2 rings (SSSR count). The van der Waals surface area contributed by atoms with Crippen LogP contribution in [0, 0.1) is 18.3 Å². The van der Waals surface area contributed by atoms with Crippen LogP contribution in [0.3, 0.4) is 0 Å². The highest BCUT2D eigenvalue weighted by molar-refractivity contribution is 6.53. The number of allylic oxidation sites excluding steroid dienone is 1. The van der Waals surface area contributed by atoms with Crippen molar-refractivity contribution in [1.82, 2.24) is 4.98 Å². The quantitative estimate of drug-likeness (QED) is 0.758. The van der Waals surface area contributed by atoms with E-state index in [2.05, 4.69) is 11.1 Å². The van der Waals surface area contributed by atoms with Gasteiger partial charge >= 0.3 is 0 Å². The van der Waals surface area contributed by atoms with Gasteiger partial charge in [-0.3, -0.25) is 4.98 Å². The Kier molecular flexibility index (Phi) is 3.27. The van der Waals surface area contributed by atoms with Crippen molar-refractivity contribution in [3.63, 3.8) is 0 Å². The summed E-state index contributed by atoms with van der Waals surface area (Å²) in [4.78, 5) is 3.97. The molecule has 17 heavy (non-hydrogen) atoms. The van der Waals surface area contributed by atoms with E-state index in [-0.39, 0.29) is 0 Å². The van der Waals surface area contributed by atoms with Crippen LogP contribution in [-0.2, 0) is 0 Å². The molecule has 0 bridgehead atoms. The van der Waals surface area contributed by atoms with Crippen molar-refractivity contribution in [3.8, 4) is 6.07 Å². The molecule has 2 heterocycles. The van der Waals surface area contributed by atoms with E-state index in [0.717, 1.165) is 5.56 Å². The topological polar surface area (TPSA) is 49.8 Å². The van der Waals surface area contributed by atoms with Gasteiger partial charge in [0.25, 0.3) is 0 Å². The molecule has 2 aromatic rings. The van der Waals surface area contributed by atoms with Crippen LogP contribution in [0.2, 0.25) is 0 Å². The van der Waals surface area contributed by atoms with Gasteiger partial charge in [0.1, 0.15) is 16.9 Å². The van der Waals surface area contributed by atoms with Gasteiger partial charge < -0.3 is 4.42 Å². The molecule has 84 valence electrons. The van der Waals surface area contributed by atoms with Gasteiger partial charge in [0, 0.05) is 18.0 Å². The molecule has 0 aromatic carbocycles. The molecule has 3 nitrogen and oxygen atoms in total. The van der Waals surface area contributed by atoms with Crippen molar-refractivity contribution in [2.75, 3.05) is 0 Å².